The third-order valence-electron chi connectivity index (χ3n) is 4.52. The quantitative estimate of drug-likeness (QED) is 0.389. The fraction of sp³-hybridized carbons (Fsp3) is 0.0435. The fourth-order valence-corrected chi connectivity index (χ4v) is 3.09. The molecule has 1 aliphatic heterocycles. The lowest BCUT2D eigenvalue weighted by Gasteiger charge is -2.12. The number of rotatable bonds is 5. The summed E-state index contributed by atoms with van der Waals surface area (Å²) in [6.07, 6.45) is -0.0264. The van der Waals surface area contributed by atoms with Crippen molar-refractivity contribution in [2.45, 2.75) is 6.42 Å². The normalized spacial score (nSPS) is 13.6. The molecule has 0 saturated heterocycles. The zero-order chi connectivity index (χ0) is 19.5. The van der Waals surface area contributed by atoms with E-state index < -0.39 is 11.8 Å². The van der Waals surface area contributed by atoms with Crippen LogP contribution in [0.4, 0.5) is 0 Å². The zero-order valence-corrected chi connectivity index (χ0v) is 14.9. The first-order valence-corrected chi connectivity index (χ1v) is 8.84. The molecule has 1 heterocycles. The maximum absolute atomic E-state index is 12.7. The Kier molecular flexibility index (Phi) is 4.64. The lowest BCUT2D eigenvalue weighted by molar-refractivity contribution is 0.0657. The molecule has 0 spiro atoms. The first kappa shape index (κ1) is 17.5. The van der Waals surface area contributed by atoms with Crippen molar-refractivity contribution in [2.24, 2.45) is 5.10 Å². The maximum Gasteiger partial charge on any atom is 0.282 e. The molecule has 1 aliphatic rings. The second kappa shape index (κ2) is 7.40. The Labute approximate surface area is 161 Å². The Bertz CT molecular complexity index is 1050. The van der Waals surface area contributed by atoms with E-state index in [9.17, 15) is 14.4 Å². The largest absolute Gasteiger partial charge is 0.294 e. The van der Waals surface area contributed by atoms with Gasteiger partial charge in [-0.25, -0.2) is 0 Å². The van der Waals surface area contributed by atoms with Crippen molar-refractivity contribution in [1.29, 1.82) is 0 Å². The monoisotopic (exact) mass is 368 g/mol. The third kappa shape index (κ3) is 3.25. The summed E-state index contributed by atoms with van der Waals surface area (Å²) in [6, 6.07) is 24.6. The van der Waals surface area contributed by atoms with Gasteiger partial charge in [0, 0.05) is 5.56 Å². The SMILES string of the molecule is O=C(C/C(=N\N1C(=O)c2ccccc2C1=O)c1ccccc1)c1ccccc1. The van der Waals surface area contributed by atoms with E-state index in [1.165, 1.54) is 0 Å². The minimum atomic E-state index is -0.485. The molecule has 0 unspecified atom stereocenters. The third-order valence-corrected chi connectivity index (χ3v) is 4.52. The van der Waals surface area contributed by atoms with Crippen molar-refractivity contribution in [3.05, 3.63) is 107 Å². The summed E-state index contributed by atoms with van der Waals surface area (Å²) in [5, 5.41) is 5.17. The van der Waals surface area contributed by atoms with Gasteiger partial charge in [-0.05, 0) is 17.7 Å². The predicted octanol–water partition coefficient (Wildman–Crippen LogP) is 3.96. The van der Waals surface area contributed by atoms with Gasteiger partial charge in [-0.1, -0.05) is 72.8 Å². The number of carbonyl (C=O) groups excluding carboxylic acids is 3. The highest BCUT2D eigenvalue weighted by Crippen LogP contribution is 2.23. The van der Waals surface area contributed by atoms with E-state index in [0.717, 1.165) is 5.01 Å². The van der Waals surface area contributed by atoms with Crippen LogP contribution < -0.4 is 0 Å². The molecule has 2 amide bonds. The molecule has 0 atom stereocenters. The summed E-state index contributed by atoms with van der Waals surface area (Å²) in [5.41, 5.74) is 2.23. The number of benzene rings is 3. The van der Waals surface area contributed by atoms with E-state index in [1.807, 2.05) is 24.3 Å². The van der Waals surface area contributed by atoms with Crippen molar-refractivity contribution in [3.63, 3.8) is 0 Å². The van der Waals surface area contributed by atoms with Crippen LogP contribution in [0.2, 0.25) is 0 Å². The van der Waals surface area contributed by atoms with E-state index in [0.29, 0.717) is 28.0 Å². The highest BCUT2D eigenvalue weighted by molar-refractivity contribution is 6.23. The van der Waals surface area contributed by atoms with Crippen LogP contribution in [0.15, 0.2) is 90.0 Å². The molecule has 28 heavy (non-hydrogen) atoms. The second-order valence-electron chi connectivity index (χ2n) is 6.35. The predicted molar refractivity (Wildman–Crippen MR) is 105 cm³/mol. The van der Waals surface area contributed by atoms with Crippen LogP contribution in [0, 0.1) is 0 Å². The molecule has 136 valence electrons. The van der Waals surface area contributed by atoms with E-state index >= 15 is 0 Å². The van der Waals surface area contributed by atoms with Gasteiger partial charge >= 0.3 is 0 Å². The van der Waals surface area contributed by atoms with Crippen molar-refractivity contribution < 1.29 is 14.4 Å². The average Bonchev–Trinajstić information content (AvgIpc) is 2.99. The average molecular weight is 368 g/mol. The van der Waals surface area contributed by atoms with Crippen LogP contribution in [-0.2, 0) is 0 Å². The number of amides is 2. The van der Waals surface area contributed by atoms with Crippen molar-refractivity contribution in [2.75, 3.05) is 0 Å². The van der Waals surface area contributed by atoms with Gasteiger partial charge in [-0.2, -0.15) is 10.1 Å². The molecule has 0 radical (unpaired) electrons. The summed E-state index contributed by atoms with van der Waals surface area (Å²) in [5.74, 6) is -1.11. The Morgan fingerprint density at radius 3 is 1.68 bits per heavy atom. The number of imide groups is 1. The van der Waals surface area contributed by atoms with E-state index in [1.54, 1.807) is 60.7 Å². The zero-order valence-electron chi connectivity index (χ0n) is 14.9. The highest BCUT2D eigenvalue weighted by Gasteiger charge is 2.36. The van der Waals surface area contributed by atoms with Crippen molar-refractivity contribution in [3.8, 4) is 0 Å². The fourth-order valence-electron chi connectivity index (χ4n) is 3.09. The molecule has 5 nitrogen and oxygen atoms in total. The van der Waals surface area contributed by atoms with Gasteiger partial charge in [0.2, 0.25) is 0 Å². The Morgan fingerprint density at radius 1 is 0.679 bits per heavy atom. The molecule has 0 fully saturated rings. The van der Waals surface area contributed by atoms with Crippen LogP contribution in [0.5, 0.6) is 0 Å². The standard InChI is InChI=1S/C23H16N2O3/c26-21(17-11-5-2-6-12-17)15-20(16-9-3-1-4-10-16)24-25-22(27)18-13-7-8-14-19(18)23(25)28/h1-14H,15H2/b24-20+. The molecule has 4 rings (SSSR count). The number of hydrogen-bond donors (Lipinski definition) is 0. The van der Waals surface area contributed by atoms with E-state index in [2.05, 4.69) is 5.10 Å². The van der Waals surface area contributed by atoms with Gasteiger partial charge in [0.1, 0.15) is 0 Å². The number of carbonyl (C=O) groups is 3. The second-order valence-corrected chi connectivity index (χ2v) is 6.35. The van der Waals surface area contributed by atoms with Gasteiger partial charge in [0.05, 0.1) is 23.3 Å². The Hall–Kier alpha value is -3.86. The molecule has 0 bridgehead atoms. The minimum Gasteiger partial charge on any atom is -0.294 e. The van der Waals surface area contributed by atoms with Gasteiger partial charge < -0.3 is 0 Å². The van der Waals surface area contributed by atoms with Crippen LogP contribution in [-0.4, -0.2) is 28.3 Å². The first-order chi connectivity index (χ1) is 13.6. The highest BCUT2D eigenvalue weighted by atomic mass is 16.2. The summed E-state index contributed by atoms with van der Waals surface area (Å²) in [6.45, 7) is 0. The van der Waals surface area contributed by atoms with Gasteiger partial charge in [0.25, 0.3) is 11.8 Å². The molecule has 3 aromatic carbocycles. The number of hydrogen-bond acceptors (Lipinski definition) is 4. The summed E-state index contributed by atoms with van der Waals surface area (Å²) in [7, 11) is 0. The molecule has 0 aromatic heterocycles. The smallest absolute Gasteiger partial charge is 0.282 e. The Balaban J connectivity index is 1.71. The number of Topliss-reactive ketones (excluding diaryl/α,β-unsaturated/α-hetero) is 1. The molecule has 0 N–H and O–H groups in total. The number of hydrazone groups is 1. The Morgan fingerprint density at radius 2 is 1.14 bits per heavy atom. The summed E-state index contributed by atoms with van der Waals surface area (Å²) in [4.78, 5) is 38.0. The molecule has 5 heteroatoms. The van der Waals surface area contributed by atoms with Crippen molar-refractivity contribution in [1.82, 2.24) is 5.01 Å². The van der Waals surface area contributed by atoms with Crippen LogP contribution in [0.25, 0.3) is 0 Å². The summed E-state index contributed by atoms with van der Waals surface area (Å²) >= 11 is 0. The van der Waals surface area contributed by atoms with Gasteiger partial charge in [-0.3, -0.25) is 14.4 Å². The lowest BCUT2D eigenvalue weighted by Crippen LogP contribution is -2.26. The molecular weight excluding hydrogens is 352 g/mol. The molecule has 0 aliphatic carbocycles. The number of nitrogens with zero attached hydrogens (tertiary/aromatic N) is 2. The van der Waals surface area contributed by atoms with E-state index in [-0.39, 0.29) is 12.2 Å². The van der Waals surface area contributed by atoms with E-state index in [4.69, 9.17) is 0 Å². The van der Waals surface area contributed by atoms with Crippen molar-refractivity contribution >= 4 is 23.3 Å². The van der Waals surface area contributed by atoms with Gasteiger partial charge in [0.15, 0.2) is 5.78 Å². The molecule has 0 saturated carbocycles. The number of fused-ring (bicyclic) bond motifs is 1. The summed E-state index contributed by atoms with van der Waals surface area (Å²) < 4.78 is 0. The van der Waals surface area contributed by atoms with Crippen LogP contribution >= 0.6 is 0 Å². The maximum atomic E-state index is 12.7. The minimum absolute atomic E-state index is 0.0264. The molecular formula is C23H16N2O3. The molecule has 3 aromatic rings. The van der Waals surface area contributed by atoms with Crippen LogP contribution in [0.3, 0.4) is 0 Å². The van der Waals surface area contributed by atoms with Crippen LogP contribution in [0.1, 0.15) is 43.1 Å². The number of ketones is 1. The first-order valence-electron chi connectivity index (χ1n) is 8.84. The topological polar surface area (TPSA) is 66.8 Å². The lowest BCUT2D eigenvalue weighted by atomic mass is 10.0. The van der Waals surface area contributed by atoms with Gasteiger partial charge in [-0.15, -0.1) is 0 Å².